The summed E-state index contributed by atoms with van der Waals surface area (Å²) < 4.78 is 0. The topological polar surface area (TPSA) is 17.1 Å². The first-order valence-electron chi connectivity index (χ1n) is 6.99. The van der Waals surface area contributed by atoms with Gasteiger partial charge in [0, 0.05) is 5.92 Å². The maximum Gasteiger partial charge on any atom is 0.136 e. The third-order valence-corrected chi connectivity index (χ3v) is 3.81. The minimum atomic E-state index is 0.122. The van der Waals surface area contributed by atoms with Crippen LogP contribution in [-0.2, 0) is 4.79 Å². The normalized spacial score (nSPS) is 23.1. The fraction of sp³-hybridized carbons (Fsp3) is 0.588. The summed E-state index contributed by atoms with van der Waals surface area (Å²) in [7, 11) is 0. The molecule has 18 heavy (non-hydrogen) atoms. The number of hydrogen-bond donors (Lipinski definition) is 0. The molecule has 0 bridgehead atoms. The van der Waals surface area contributed by atoms with Crippen LogP contribution in [0.1, 0.15) is 59.8 Å². The van der Waals surface area contributed by atoms with Crippen LogP contribution in [0.3, 0.4) is 0 Å². The number of carbonyl (C=O) groups is 1. The maximum absolute atomic E-state index is 11.7. The van der Waals surface area contributed by atoms with Gasteiger partial charge in [-0.05, 0) is 59.8 Å². The van der Waals surface area contributed by atoms with Crippen molar-refractivity contribution in [2.45, 2.75) is 59.8 Å². The van der Waals surface area contributed by atoms with E-state index in [1.54, 1.807) is 6.92 Å². The highest BCUT2D eigenvalue weighted by Crippen LogP contribution is 2.23. The van der Waals surface area contributed by atoms with E-state index >= 15 is 0 Å². The van der Waals surface area contributed by atoms with Crippen molar-refractivity contribution in [3.05, 3.63) is 34.9 Å². The summed E-state index contributed by atoms with van der Waals surface area (Å²) >= 11 is 0. The van der Waals surface area contributed by atoms with Crippen LogP contribution >= 0.6 is 0 Å². The molecule has 0 saturated carbocycles. The Labute approximate surface area is 112 Å². The van der Waals surface area contributed by atoms with Gasteiger partial charge in [0.05, 0.1) is 0 Å². The predicted molar refractivity (Wildman–Crippen MR) is 78.5 cm³/mol. The second kappa shape index (κ2) is 7.35. The average molecular weight is 246 g/mol. The SMILES string of the molecule is CC(=O)C1CCC(C)=CCC=C(C)CCC=C1C. The zero-order valence-electron chi connectivity index (χ0n) is 12.3. The second-order valence-electron chi connectivity index (χ2n) is 5.53. The zero-order valence-corrected chi connectivity index (χ0v) is 12.3. The Hall–Kier alpha value is -1.11. The number of ketones is 1. The van der Waals surface area contributed by atoms with Gasteiger partial charge < -0.3 is 0 Å². The van der Waals surface area contributed by atoms with Crippen molar-refractivity contribution in [3.63, 3.8) is 0 Å². The molecule has 1 unspecified atom stereocenters. The van der Waals surface area contributed by atoms with Gasteiger partial charge in [0.2, 0.25) is 0 Å². The Balaban J connectivity index is 2.87. The molecule has 1 aliphatic rings. The molecule has 0 saturated heterocycles. The molecule has 0 radical (unpaired) electrons. The highest BCUT2D eigenvalue weighted by molar-refractivity contribution is 5.81. The fourth-order valence-electron chi connectivity index (χ4n) is 2.46. The van der Waals surface area contributed by atoms with E-state index in [0.717, 1.165) is 32.1 Å². The molecule has 0 aromatic heterocycles. The van der Waals surface area contributed by atoms with Crippen LogP contribution in [0.5, 0.6) is 0 Å². The summed E-state index contributed by atoms with van der Waals surface area (Å²) in [6.07, 6.45) is 12.0. The smallest absolute Gasteiger partial charge is 0.136 e. The Kier molecular flexibility index (Phi) is 6.11. The van der Waals surface area contributed by atoms with Crippen molar-refractivity contribution in [3.8, 4) is 0 Å². The second-order valence-corrected chi connectivity index (χ2v) is 5.53. The molecule has 1 heteroatoms. The van der Waals surface area contributed by atoms with Gasteiger partial charge in [-0.1, -0.05) is 34.9 Å². The highest BCUT2D eigenvalue weighted by atomic mass is 16.1. The first-order chi connectivity index (χ1) is 8.50. The van der Waals surface area contributed by atoms with E-state index < -0.39 is 0 Å². The van der Waals surface area contributed by atoms with Crippen molar-refractivity contribution in [2.75, 3.05) is 0 Å². The molecule has 1 atom stereocenters. The van der Waals surface area contributed by atoms with Crippen LogP contribution in [0.25, 0.3) is 0 Å². The van der Waals surface area contributed by atoms with Gasteiger partial charge in [-0.3, -0.25) is 4.79 Å². The number of carbonyl (C=O) groups excluding carboxylic acids is 1. The van der Waals surface area contributed by atoms with E-state index in [4.69, 9.17) is 0 Å². The van der Waals surface area contributed by atoms with Gasteiger partial charge in [-0.2, -0.15) is 0 Å². The van der Waals surface area contributed by atoms with Crippen LogP contribution in [-0.4, -0.2) is 5.78 Å². The molecule has 0 N–H and O–H groups in total. The predicted octanol–water partition coefficient (Wildman–Crippen LogP) is 4.99. The van der Waals surface area contributed by atoms with Crippen molar-refractivity contribution in [1.82, 2.24) is 0 Å². The van der Waals surface area contributed by atoms with Gasteiger partial charge in [0.25, 0.3) is 0 Å². The summed E-state index contributed by atoms with van der Waals surface area (Å²) in [5.41, 5.74) is 4.10. The van der Waals surface area contributed by atoms with Gasteiger partial charge in [-0.15, -0.1) is 0 Å². The molecule has 1 nitrogen and oxygen atoms in total. The van der Waals surface area contributed by atoms with E-state index in [1.807, 2.05) is 0 Å². The summed E-state index contributed by atoms with van der Waals surface area (Å²) in [5, 5.41) is 0. The molecular weight excluding hydrogens is 220 g/mol. The number of Topliss-reactive ketones (excluding diaryl/α,β-unsaturated/α-hetero) is 1. The molecule has 0 spiro atoms. The molecule has 0 heterocycles. The minimum Gasteiger partial charge on any atom is -0.299 e. The third-order valence-electron chi connectivity index (χ3n) is 3.81. The van der Waals surface area contributed by atoms with Gasteiger partial charge in [-0.25, -0.2) is 0 Å². The van der Waals surface area contributed by atoms with Crippen molar-refractivity contribution in [1.29, 1.82) is 0 Å². The molecule has 100 valence electrons. The number of rotatable bonds is 1. The lowest BCUT2D eigenvalue weighted by Crippen LogP contribution is -2.12. The first kappa shape index (κ1) is 14.9. The zero-order chi connectivity index (χ0) is 13.5. The highest BCUT2D eigenvalue weighted by Gasteiger charge is 2.15. The van der Waals surface area contributed by atoms with Crippen LogP contribution < -0.4 is 0 Å². The standard InChI is InChI=1S/C17H26O/c1-13-7-5-8-14(2)11-12-17(16(4)18)15(3)10-6-9-13/h7-8,10,17H,5-6,9,11-12H2,1-4H3. The van der Waals surface area contributed by atoms with Gasteiger partial charge in [0.15, 0.2) is 0 Å². The van der Waals surface area contributed by atoms with Gasteiger partial charge in [0.1, 0.15) is 5.78 Å². The third kappa shape index (κ3) is 5.03. The minimum absolute atomic E-state index is 0.122. The van der Waals surface area contributed by atoms with Crippen molar-refractivity contribution in [2.24, 2.45) is 5.92 Å². The van der Waals surface area contributed by atoms with Crippen LogP contribution in [0.4, 0.5) is 0 Å². The van der Waals surface area contributed by atoms with Crippen LogP contribution in [0.15, 0.2) is 34.9 Å². The average Bonchev–Trinajstić information content (AvgIpc) is 2.27. The number of hydrogen-bond acceptors (Lipinski definition) is 1. The molecular formula is C17H26O. The molecule has 0 aliphatic heterocycles. The van der Waals surface area contributed by atoms with E-state index in [1.165, 1.54) is 16.7 Å². The van der Waals surface area contributed by atoms with Gasteiger partial charge >= 0.3 is 0 Å². The largest absolute Gasteiger partial charge is 0.299 e. The lowest BCUT2D eigenvalue weighted by molar-refractivity contribution is -0.119. The van der Waals surface area contributed by atoms with E-state index in [-0.39, 0.29) is 5.92 Å². The van der Waals surface area contributed by atoms with E-state index in [0.29, 0.717) is 5.78 Å². The molecule has 0 fully saturated rings. The van der Waals surface area contributed by atoms with Crippen LogP contribution in [0, 0.1) is 5.92 Å². The monoisotopic (exact) mass is 246 g/mol. The lowest BCUT2D eigenvalue weighted by atomic mass is 9.88. The fourth-order valence-corrected chi connectivity index (χ4v) is 2.46. The molecule has 0 aromatic rings. The van der Waals surface area contributed by atoms with Crippen LogP contribution in [0.2, 0.25) is 0 Å². The maximum atomic E-state index is 11.7. The van der Waals surface area contributed by atoms with Crippen molar-refractivity contribution >= 4 is 5.78 Å². The Morgan fingerprint density at radius 3 is 2.28 bits per heavy atom. The summed E-state index contributed by atoms with van der Waals surface area (Å²) in [5.74, 6) is 0.429. The number of allylic oxidation sites excluding steroid dienone is 6. The molecule has 1 aliphatic carbocycles. The Bertz CT molecular complexity index is 382. The lowest BCUT2D eigenvalue weighted by Gasteiger charge is -2.15. The summed E-state index contributed by atoms with van der Waals surface area (Å²) in [6, 6.07) is 0. The molecule has 0 amide bonds. The summed E-state index contributed by atoms with van der Waals surface area (Å²) in [6.45, 7) is 8.19. The Morgan fingerprint density at radius 1 is 1.06 bits per heavy atom. The Morgan fingerprint density at radius 2 is 1.67 bits per heavy atom. The molecule has 1 rings (SSSR count). The van der Waals surface area contributed by atoms with E-state index in [9.17, 15) is 4.79 Å². The van der Waals surface area contributed by atoms with Crippen molar-refractivity contribution < 1.29 is 4.79 Å². The molecule has 0 aromatic carbocycles. The van der Waals surface area contributed by atoms with E-state index in [2.05, 4.69) is 39.0 Å². The first-order valence-corrected chi connectivity index (χ1v) is 6.99. The quantitative estimate of drug-likeness (QED) is 0.595. The summed E-state index contributed by atoms with van der Waals surface area (Å²) in [4.78, 5) is 11.7.